The van der Waals surface area contributed by atoms with Crippen molar-refractivity contribution in [1.29, 1.82) is 0 Å². The number of carboxylic acid groups (broad SMARTS) is 3. The molecule has 0 aliphatic rings. The van der Waals surface area contributed by atoms with E-state index in [4.69, 9.17) is 5.11 Å². The van der Waals surface area contributed by atoms with Gasteiger partial charge in [-0.1, -0.05) is 174 Å². The van der Waals surface area contributed by atoms with Crippen LogP contribution in [0.15, 0.2) is 12.2 Å². The summed E-state index contributed by atoms with van der Waals surface area (Å²) in [5.74, 6) is -3.46. The van der Waals surface area contributed by atoms with Crippen molar-refractivity contribution in [3.05, 3.63) is 12.2 Å². The summed E-state index contributed by atoms with van der Waals surface area (Å²) in [7, 11) is 0. The van der Waals surface area contributed by atoms with Gasteiger partial charge < -0.3 is 20.1 Å². The third-order valence-corrected chi connectivity index (χ3v) is 10.2. The topological polar surface area (TPSA) is 135 Å². The Morgan fingerprint density at radius 2 is 0.882 bits per heavy atom. The summed E-state index contributed by atoms with van der Waals surface area (Å²) in [5.41, 5.74) is -1.38. The van der Waals surface area contributed by atoms with Crippen molar-refractivity contribution < 1.29 is 64.1 Å². The Hall–Kier alpha value is -1.22. The minimum Gasteiger partial charge on any atom is -0.550 e. The largest absolute Gasteiger partial charge is 1.00 e. The molecule has 2 N–H and O–H groups in total. The van der Waals surface area contributed by atoms with E-state index in [2.05, 4.69) is 13.8 Å². The van der Waals surface area contributed by atoms with Gasteiger partial charge in [-0.25, -0.2) is 4.79 Å². The van der Waals surface area contributed by atoms with Gasteiger partial charge in [0.15, 0.2) is 5.78 Å². The minimum atomic E-state index is -1.38. The van der Waals surface area contributed by atoms with Crippen LogP contribution in [0.4, 0.5) is 0 Å². The van der Waals surface area contributed by atoms with E-state index in [1.54, 1.807) is 0 Å². The van der Waals surface area contributed by atoms with E-state index in [9.17, 15) is 29.4 Å². The minimum absolute atomic E-state index is 0. The van der Waals surface area contributed by atoms with Crippen molar-refractivity contribution in [1.82, 2.24) is 4.90 Å². The van der Waals surface area contributed by atoms with Gasteiger partial charge in [-0.2, -0.15) is 0 Å². The van der Waals surface area contributed by atoms with Crippen LogP contribution in [0.2, 0.25) is 0 Å². The van der Waals surface area contributed by atoms with Crippen LogP contribution in [-0.4, -0.2) is 57.4 Å². The molecule has 0 aromatic carbocycles. The number of ketones is 1. The molecule has 0 aliphatic carbocycles. The van der Waals surface area contributed by atoms with Gasteiger partial charge in [-0.15, -0.1) is 0 Å². The molecule has 0 aliphatic heterocycles. The SMILES string of the molecule is CCCCCCCCN(CCCCCCCCCCCCCCCCCCC(=O)C=CC(=O)O)[C@@](CCCCCCCC)(CC(=O)[O-])C(=O)O.[Na+]. The van der Waals surface area contributed by atoms with Crippen LogP contribution in [0.5, 0.6) is 0 Å². The molecular weight excluding hydrogens is 653 g/mol. The third kappa shape index (κ3) is 30.9. The summed E-state index contributed by atoms with van der Waals surface area (Å²) >= 11 is 0. The normalized spacial score (nSPS) is 12.6. The molecule has 0 bridgehead atoms. The van der Waals surface area contributed by atoms with E-state index >= 15 is 0 Å². The Morgan fingerprint density at radius 1 is 0.529 bits per heavy atom. The molecule has 0 heterocycles. The average molecular weight is 730 g/mol. The first-order chi connectivity index (χ1) is 24.2. The number of nitrogens with zero attached hydrogens (tertiary/aromatic N) is 1. The predicted molar refractivity (Wildman–Crippen MR) is 203 cm³/mol. The van der Waals surface area contributed by atoms with Gasteiger partial charge in [0.05, 0.1) is 0 Å². The Bertz CT molecular complexity index is 896. The molecular formula is C42H76NNaO7. The number of rotatable bonds is 39. The molecule has 0 saturated carbocycles. The summed E-state index contributed by atoms with van der Waals surface area (Å²) in [4.78, 5) is 48.7. The standard InChI is InChI=1S/C42H77NO7.Na/c1-3-5-7-9-24-28-34-42(41(49)50,37-40(47)48)43(35-29-25-10-8-6-4-2)36-30-26-22-20-18-16-14-12-11-13-15-17-19-21-23-27-31-38(44)32-33-39(45)46;/h32-33H,3-31,34-37H2,1-2H3,(H,45,46)(H,47,48)(H,49,50);/q;+1/p-1/t42-;/m0./s1. The Labute approximate surface area is 334 Å². The number of carbonyl (C=O) groups is 4. The molecule has 0 aromatic heterocycles. The molecule has 0 unspecified atom stereocenters. The Balaban J connectivity index is 0. The quantitative estimate of drug-likeness (QED) is 0.0385. The second-order valence-corrected chi connectivity index (χ2v) is 14.7. The third-order valence-electron chi connectivity index (χ3n) is 10.2. The zero-order chi connectivity index (χ0) is 37.1. The van der Waals surface area contributed by atoms with Gasteiger partial charge in [-0.05, 0) is 44.8 Å². The van der Waals surface area contributed by atoms with Crippen molar-refractivity contribution in [3.8, 4) is 0 Å². The first kappa shape index (κ1) is 51.9. The number of unbranched alkanes of at least 4 members (excludes halogenated alkanes) is 25. The molecule has 0 radical (unpaired) electrons. The predicted octanol–water partition coefficient (Wildman–Crippen LogP) is 7.21. The number of hydrogen-bond donors (Lipinski definition) is 2. The second kappa shape index (κ2) is 37.1. The van der Waals surface area contributed by atoms with Crippen molar-refractivity contribution in [2.24, 2.45) is 0 Å². The molecule has 0 rings (SSSR count). The fraction of sp³-hybridized carbons (Fsp3) is 0.857. The first-order valence-electron chi connectivity index (χ1n) is 20.8. The van der Waals surface area contributed by atoms with Gasteiger partial charge in [0.1, 0.15) is 5.54 Å². The van der Waals surface area contributed by atoms with Crippen molar-refractivity contribution >= 4 is 23.7 Å². The summed E-state index contributed by atoms with van der Waals surface area (Å²) < 4.78 is 0. The molecule has 9 heteroatoms. The summed E-state index contributed by atoms with van der Waals surface area (Å²) in [6, 6.07) is 0. The maximum Gasteiger partial charge on any atom is 1.00 e. The maximum absolute atomic E-state index is 12.8. The Morgan fingerprint density at radius 3 is 1.24 bits per heavy atom. The van der Waals surface area contributed by atoms with Crippen LogP contribution in [0.25, 0.3) is 0 Å². The zero-order valence-electron chi connectivity index (χ0n) is 33.4. The number of carbonyl (C=O) groups excluding carboxylic acids is 2. The number of hydrogen-bond acceptors (Lipinski definition) is 6. The second-order valence-electron chi connectivity index (χ2n) is 14.7. The fourth-order valence-electron chi connectivity index (χ4n) is 7.06. The van der Waals surface area contributed by atoms with Gasteiger partial charge >= 0.3 is 41.5 Å². The summed E-state index contributed by atoms with van der Waals surface area (Å²) in [6.45, 7) is 5.65. The van der Waals surface area contributed by atoms with Crippen molar-refractivity contribution in [2.45, 2.75) is 218 Å². The van der Waals surface area contributed by atoms with Gasteiger partial charge in [0.2, 0.25) is 0 Å². The number of carboxylic acids is 3. The molecule has 0 amide bonds. The van der Waals surface area contributed by atoms with E-state index < -0.39 is 29.9 Å². The summed E-state index contributed by atoms with van der Waals surface area (Å²) in [5, 5.41) is 30.9. The van der Waals surface area contributed by atoms with E-state index in [1.807, 2.05) is 4.90 Å². The maximum atomic E-state index is 12.8. The van der Waals surface area contributed by atoms with E-state index in [-0.39, 0.29) is 35.3 Å². The van der Waals surface area contributed by atoms with Gasteiger partial charge in [0.25, 0.3) is 0 Å². The van der Waals surface area contributed by atoms with Gasteiger partial charge in [0, 0.05) is 24.9 Å². The molecule has 1 atom stereocenters. The molecule has 0 saturated heterocycles. The van der Waals surface area contributed by atoms with Crippen LogP contribution in [-0.2, 0) is 19.2 Å². The van der Waals surface area contributed by atoms with Crippen LogP contribution >= 0.6 is 0 Å². The molecule has 0 aromatic rings. The van der Waals surface area contributed by atoms with Crippen molar-refractivity contribution in [2.75, 3.05) is 13.1 Å². The molecule has 292 valence electrons. The van der Waals surface area contributed by atoms with Crippen LogP contribution in [0, 0.1) is 0 Å². The zero-order valence-corrected chi connectivity index (χ0v) is 35.4. The monoisotopic (exact) mass is 730 g/mol. The smallest absolute Gasteiger partial charge is 0.550 e. The molecule has 0 fully saturated rings. The Kier molecular flexibility index (Phi) is 37.8. The molecule has 8 nitrogen and oxygen atoms in total. The summed E-state index contributed by atoms with van der Waals surface area (Å²) in [6.07, 6.45) is 34.0. The van der Waals surface area contributed by atoms with Crippen LogP contribution in [0.3, 0.4) is 0 Å². The average Bonchev–Trinajstić information content (AvgIpc) is 3.08. The molecule has 0 spiro atoms. The number of allylic oxidation sites excluding steroid dienone is 1. The first-order valence-corrected chi connectivity index (χ1v) is 20.8. The molecule has 51 heavy (non-hydrogen) atoms. The van der Waals surface area contributed by atoms with E-state index in [0.29, 0.717) is 25.9 Å². The fourth-order valence-corrected chi connectivity index (χ4v) is 7.06. The van der Waals surface area contributed by atoms with Crippen molar-refractivity contribution in [3.63, 3.8) is 0 Å². The van der Waals surface area contributed by atoms with Crippen LogP contribution < -0.4 is 34.7 Å². The van der Waals surface area contributed by atoms with Gasteiger partial charge in [-0.3, -0.25) is 14.5 Å². The number of aliphatic carboxylic acids is 3. The van der Waals surface area contributed by atoms with Crippen LogP contribution in [0.1, 0.15) is 213 Å². The van der Waals surface area contributed by atoms with E-state index in [1.165, 1.54) is 89.9 Å². The van der Waals surface area contributed by atoms with E-state index in [0.717, 1.165) is 102 Å².